The third kappa shape index (κ3) is 14.1. The van der Waals surface area contributed by atoms with Crippen LogP contribution in [0.2, 0.25) is 46.3 Å². The first-order valence-corrected chi connectivity index (χ1v) is 47.0. The minimum absolute atomic E-state index is 0.000281. The predicted molar refractivity (Wildman–Crippen MR) is 383 cm³/mol. The van der Waals surface area contributed by atoms with Crippen molar-refractivity contribution in [2.45, 2.75) is 424 Å². The Labute approximate surface area is 601 Å². The number of hydrogen-bond donors (Lipinski definition) is 0. The molecule has 15 fully saturated rings. The molecule has 0 amide bonds. The van der Waals surface area contributed by atoms with E-state index in [0.717, 1.165) is 79.5 Å². The van der Waals surface area contributed by atoms with Gasteiger partial charge in [0.05, 0.1) is 117 Å². The lowest BCUT2D eigenvalue weighted by Crippen LogP contribution is -2.69. The van der Waals surface area contributed by atoms with Crippen LogP contribution in [-0.2, 0) is 88.9 Å². The Morgan fingerprint density at radius 3 is 1.87 bits per heavy atom. The number of hydrogen-bond acceptors (Lipinski definition) is 19. The fourth-order valence-electron chi connectivity index (χ4n) is 21.9. The van der Waals surface area contributed by atoms with Crippen molar-refractivity contribution >= 4 is 36.9 Å². The topological polar surface area (TPSA) is 191 Å². The van der Waals surface area contributed by atoms with E-state index >= 15 is 9.59 Å². The Hall–Kier alpha value is -1.37. The van der Waals surface area contributed by atoms with Gasteiger partial charge in [0.2, 0.25) is 0 Å². The standard InChI is InChI=1S/C78H128O19Si3/c1-19-98(20-2,21-3)95-57-37-60-68(87-56(57)33-49(79)34-61-67(97-99(22-4,23-5)24-6)46(10)40-78(91-61)39-45(9)66-62(92-78)38-58-64(89-66)42-81-100(96-58,75(13,14)15)76(16,17)18)48(12)69-59(85-60)36-55-47(11)43(7)31-50(83-55)25-27-53-44(8)32-52(82-53)29-30-77-41-63-71(93-77)72-73(88-63)74(94-77)70-54(86-72)28-26-51(84-70)35-65(80)90-69/h43,45-46,48,50-64,66-74H,8,11,19-42H2,1-7,9-10,12-18H3/t43-,45+,46+,48+,50+,51-,52+,53+,54+,55-,56-,57-,58-,59+,60+,61+,62+,63-,64-,66+,67+,68+,69-,70+,71+,72+,73-,74+,77+,78+/m1/s1. The normalized spacial score (nSPS) is 47.3. The first-order valence-electron chi connectivity index (χ1n) is 40.2. The van der Waals surface area contributed by atoms with Gasteiger partial charge in [-0.15, -0.1) is 0 Å². The summed E-state index contributed by atoms with van der Waals surface area (Å²) in [5, 5.41) is -0.356. The molecule has 0 aromatic carbocycles. The molecule has 15 saturated heterocycles. The molecular formula is C78H128O19Si3. The van der Waals surface area contributed by atoms with E-state index in [1.54, 1.807) is 0 Å². The van der Waals surface area contributed by atoms with Gasteiger partial charge >= 0.3 is 14.5 Å². The third-order valence-corrected chi connectivity index (χ3v) is 42.2. The van der Waals surface area contributed by atoms with Crippen molar-refractivity contribution in [3.63, 3.8) is 0 Å². The number of rotatable bonds is 14. The van der Waals surface area contributed by atoms with Crippen LogP contribution in [0.25, 0.3) is 0 Å². The van der Waals surface area contributed by atoms with Gasteiger partial charge in [0, 0.05) is 73.8 Å². The fraction of sp³-hybridized carbons (Fsp3) is 0.923. The summed E-state index contributed by atoms with van der Waals surface area (Å²) >= 11 is 0. The molecule has 0 saturated carbocycles. The van der Waals surface area contributed by atoms with E-state index < -0.39 is 97.8 Å². The van der Waals surface area contributed by atoms with Gasteiger partial charge in [-0.1, -0.05) is 124 Å². The van der Waals surface area contributed by atoms with E-state index in [1.165, 1.54) is 0 Å². The minimum Gasteiger partial charge on any atom is -0.459 e. The smallest absolute Gasteiger partial charge is 0.349 e. The highest BCUT2D eigenvalue weighted by molar-refractivity contribution is 6.74. The number of ether oxygens (including phenoxy) is 13. The Bertz CT molecular complexity index is 2900. The van der Waals surface area contributed by atoms with Crippen LogP contribution in [0.1, 0.15) is 220 Å². The van der Waals surface area contributed by atoms with Gasteiger partial charge in [-0.3, -0.25) is 9.59 Å². The number of carbonyl (C=O) groups is 2. The molecule has 0 unspecified atom stereocenters. The summed E-state index contributed by atoms with van der Waals surface area (Å²) < 4.78 is 122. The van der Waals surface area contributed by atoms with Crippen LogP contribution >= 0.6 is 0 Å². The summed E-state index contributed by atoms with van der Waals surface area (Å²) in [6.07, 6.45) is 1.93. The van der Waals surface area contributed by atoms with Gasteiger partial charge in [-0.25, -0.2) is 0 Å². The second-order valence-electron chi connectivity index (χ2n) is 36.1. The molecule has 15 rings (SSSR count). The van der Waals surface area contributed by atoms with Gasteiger partial charge in [0.15, 0.2) is 28.2 Å². The maximum absolute atomic E-state index is 15.7. The molecule has 0 aromatic rings. The van der Waals surface area contributed by atoms with E-state index in [2.05, 4.69) is 124 Å². The molecule has 19 nitrogen and oxygen atoms in total. The van der Waals surface area contributed by atoms with E-state index in [1.807, 2.05) is 0 Å². The lowest BCUT2D eigenvalue weighted by molar-refractivity contribution is -0.376. The van der Waals surface area contributed by atoms with E-state index in [9.17, 15) is 0 Å². The van der Waals surface area contributed by atoms with Crippen molar-refractivity contribution in [2.24, 2.45) is 23.7 Å². The number of carbonyl (C=O) groups excluding carboxylic acids is 2. The SMILES string of the molecule is C=C1C[C@@H]2CC[C@@]34C[C@H]5O[C@H]6[C@@H](O3)[C@H]3O[C@H](CC[C@@H]3O[C@H]6[C@H]5O4)CC(=O)O[C@@H]3[C@@H](C)[C@@H]4O[C@H](CC(=O)C[C@@H]5O[C@]6(C[C@H](C)[C@@H]7O[C@@H]8CO[Si](C(C)(C)C)(C(C)(C)C)O[C@@H]8C[C@@H]7O6)C[C@H](C)[C@@H]5O[Si](CC)(CC)CC)[C@H](O[Si](CC)(CC)CC)C[C@@H]4O[C@H]3C[C@H]3O[C@@H](CC[C@@H]1O2)C[C@@H](C)C3=C. The first kappa shape index (κ1) is 75.4. The van der Waals surface area contributed by atoms with Crippen LogP contribution in [0.15, 0.2) is 24.3 Å². The molecule has 15 heterocycles. The van der Waals surface area contributed by atoms with Crippen molar-refractivity contribution in [3.05, 3.63) is 24.3 Å². The zero-order chi connectivity index (χ0) is 71.0. The summed E-state index contributed by atoms with van der Waals surface area (Å²) in [7, 11) is -7.36. The lowest BCUT2D eigenvalue weighted by atomic mass is 9.77. The first-order chi connectivity index (χ1) is 47.5. The summed E-state index contributed by atoms with van der Waals surface area (Å²) in [6.45, 7) is 45.8. The van der Waals surface area contributed by atoms with Crippen molar-refractivity contribution in [2.75, 3.05) is 6.61 Å². The second-order valence-corrected chi connectivity index (χ2v) is 50.3. The van der Waals surface area contributed by atoms with Crippen molar-refractivity contribution in [3.8, 4) is 0 Å². The van der Waals surface area contributed by atoms with Crippen LogP contribution in [0.3, 0.4) is 0 Å². The molecule has 30 atom stereocenters. The average Bonchev–Trinajstić information content (AvgIpc) is 1.48. The van der Waals surface area contributed by atoms with Gasteiger partial charge in [0.25, 0.3) is 0 Å². The van der Waals surface area contributed by atoms with Crippen LogP contribution in [0, 0.1) is 23.7 Å². The van der Waals surface area contributed by atoms with Crippen LogP contribution in [0.5, 0.6) is 0 Å². The van der Waals surface area contributed by atoms with E-state index in [4.69, 9.17) is 79.3 Å². The molecule has 0 aromatic heterocycles. The zero-order valence-electron chi connectivity index (χ0n) is 63.8. The van der Waals surface area contributed by atoms with Gasteiger partial charge in [-0.2, -0.15) is 0 Å². The quantitative estimate of drug-likeness (QED) is 0.0905. The van der Waals surface area contributed by atoms with Crippen molar-refractivity contribution < 1.29 is 88.9 Å². The summed E-state index contributed by atoms with van der Waals surface area (Å²) in [4.78, 5) is 30.8. The Morgan fingerprint density at radius 2 is 1.15 bits per heavy atom. The molecule has 0 aliphatic carbocycles. The molecule has 12 bridgehead atoms. The maximum atomic E-state index is 15.7. The van der Waals surface area contributed by atoms with Crippen LogP contribution in [-0.4, -0.2) is 202 Å². The zero-order valence-corrected chi connectivity index (χ0v) is 66.8. The highest BCUT2D eigenvalue weighted by Gasteiger charge is 2.70. The van der Waals surface area contributed by atoms with Crippen molar-refractivity contribution in [1.82, 2.24) is 0 Å². The van der Waals surface area contributed by atoms with E-state index in [-0.39, 0.29) is 150 Å². The molecule has 2 spiro atoms. The van der Waals surface area contributed by atoms with Crippen LogP contribution in [0.4, 0.5) is 0 Å². The highest BCUT2D eigenvalue weighted by Crippen LogP contribution is 2.59. The number of Topliss-reactive ketones (excluding diaryl/α,β-unsaturated/α-hetero) is 1. The second kappa shape index (κ2) is 28.9. The van der Waals surface area contributed by atoms with E-state index in [0.29, 0.717) is 64.4 Å². The minimum atomic E-state index is -2.80. The van der Waals surface area contributed by atoms with Crippen LogP contribution < -0.4 is 0 Å². The molecule has 15 aliphatic heterocycles. The third-order valence-electron chi connectivity index (χ3n) is 27.7. The Kier molecular flexibility index (Phi) is 21.8. The molecule has 22 heteroatoms. The number of fused-ring (bicyclic) bond motifs is 9. The maximum Gasteiger partial charge on any atom is 0.349 e. The molecule has 15 aliphatic rings. The highest BCUT2D eigenvalue weighted by atomic mass is 28.4. The lowest BCUT2D eigenvalue weighted by Gasteiger charge is -2.60. The molecular weight excluding hydrogens is 1330 g/mol. The Morgan fingerprint density at radius 1 is 0.520 bits per heavy atom. The fourth-order valence-corrected chi connectivity index (χ4v) is 32.8. The van der Waals surface area contributed by atoms with Gasteiger partial charge in [0.1, 0.15) is 48.5 Å². The molecule has 0 radical (unpaired) electrons. The van der Waals surface area contributed by atoms with Crippen molar-refractivity contribution in [1.29, 1.82) is 0 Å². The predicted octanol–water partition coefficient (Wildman–Crippen LogP) is 14.1. The summed E-state index contributed by atoms with van der Waals surface area (Å²) in [6, 6.07) is 5.71. The van der Waals surface area contributed by atoms with Gasteiger partial charge < -0.3 is 79.3 Å². The summed E-state index contributed by atoms with van der Waals surface area (Å²) in [5.74, 6) is -2.17. The number of ketones is 1. The number of esters is 1. The average molecular weight is 1450 g/mol. The summed E-state index contributed by atoms with van der Waals surface area (Å²) in [5.41, 5.74) is 2.14. The molecule has 100 heavy (non-hydrogen) atoms. The molecule has 566 valence electrons. The monoisotopic (exact) mass is 1450 g/mol. The largest absolute Gasteiger partial charge is 0.459 e. The Balaban J connectivity index is 0.733. The van der Waals surface area contributed by atoms with Gasteiger partial charge in [-0.05, 0) is 110 Å². The molecule has 0 N–H and O–H groups in total.